The summed E-state index contributed by atoms with van der Waals surface area (Å²) in [7, 11) is 0. The molecule has 3 atom stereocenters. The number of benzene rings is 1. The first-order chi connectivity index (χ1) is 13.7. The average Bonchev–Trinajstić information content (AvgIpc) is 3.45. The van der Waals surface area contributed by atoms with Gasteiger partial charge in [-0.1, -0.05) is 24.3 Å². The Morgan fingerprint density at radius 1 is 1.11 bits per heavy atom. The van der Waals surface area contributed by atoms with Crippen LogP contribution >= 0.6 is 0 Å². The van der Waals surface area contributed by atoms with Crippen molar-refractivity contribution in [1.29, 1.82) is 0 Å². The Kier molecular flexibility index (Phi) is 4.51. The van der Waals surface area contributed by atoms with Gasteiger partial charge in [0.1, 0.15) is 0 Å². The number of rotatable bonds is 6. The third-order valence-corrected chi connectivity index (χ3v) is 6.11. The number of aromatic nitrogens is 1. The lowest BCUT2D eigenvalue weighted by Crippen LogP contribution is -2.37. The lowest BCUT2D eigenvalue weighted by atomic mass is 9.92. The predicted molar refractivity (Wildman–Crippen MR) is 105 cm³/mol. The Hall–Kier alpha value is -2.82. The van der Waals surface area contributed by atoms with Crippen LogP contribution in [0.1, 0.15) is 24.0 Å². The third kappa shape index (κ3) is 3.49. The summed E-state index contributed by atoms with van der Waals surface area (Å²) in [6.07, 6.45) is 11.1. The minimum atomic E-state index is 0.148. The molecule has 1 fully saturated rings. The monoisotopic (exact) mass is 376 g/mol. The summed E-state index contributed by atoms with van der Waals surface area (Å²) in [6.45, 7) is 1.66. The summed E-state index contributed by atoms with van der Waals surface area (Å²) in [4.78, 5) is 19.5. The zero-order valence-electron chi connectivity index (χ0n) is 15.8. The largest absolute Gasteiger partial charge is 0.454 e. The molecule has 1 saturated carbocycles. The molecule has 0 saturated heterocycles. The van der Waals surface area contributed by atoms with Gasteiger partial charge < -0.3 is 14.4 Å². The molecule has 0 N–H and O–H groups in total. The van der Waals surface area contributed by atoms with Crippen molar-refractivity contribution in [3.8, 4) is 11.5 Å². The average molecular weight is 376 g/mol. The number of fused-ring (bicyclic) bond motifs is 3. The molecular weight excluding hydrogens is 352 g/mol. The summed E-state index contributed by atoms with van der Waals surface area (Å²) < 4.78 is 10.8. The van der Waals surface area contributed by atoms with Gasteiger partial charge >= 0.3 is 0 Å². The Morgan fingerprint density at radius 3 is 2.82 bits per heavy atom. The Bertz CT molecular complexity index is 896. The van der Waals surface area contributed by atoms with Gasteiger partial charge in [0.25, 0.3) is 0 Å². The Balaban J connectivity index is 1.32. The molecule has 1 aliphatic heterocycles. The van der Waals surface area contributed by atoms with Crippen LogP contribution in [0.3, 0.4) is 0 Å². The van der Waals surface area contributed by atoms with E-state index in [0.29, 0.717) is 30.7 Å². The number of hydrogen-bond donors (Lipinski definition) is 0. The molecule has 1 aromatic carbocycles. The highest BCUT2D eigenvalue weighted by molar-refractivity contribution is 5.79. The Labute approximate surface area is 165 Å². The van der Waals surface area contributed by atoms with Gasteiger partial charge in [-0.25, -0.2) is 0 Å². The fourth-order valence-corrected chi connectivity index (χ4v) is 4.69. The second-order valence-electron chi connectivity index (χ2n) is 8.04. The van der Waals surface area contributed by atoms with Gasteiger partial charge in [-0.05, 0) is 59.9 Å². The number of carbonyl (C=O) groups is 1. The minimum absolute atomic E-state index is 0.148. The molecule has 1 aromatic heterocycles. The van der Waals surface area contributed by atoms with Crippen LogP contribution < -0.4 is 9.47 Å². The van der Waals surface area contributed by atoms with Gasteiger partial charge in [0, 0.05) is 25.5 Å². The predicted octanol–water partition coefficient (Wildman–Crippen LogP) is 3.59. The second kappa shape index (κ2) is 7.30. The molecule has 3 aliphatic rings. The molecule has 2 aliphatic carbocycles. The van der Waals surface area contributed by atoms with E-state index in [1.165, 1.54) is 12.8 Å². The molecule has 2 aromatic rings. The van der Waals surface area contributed by atoms with Crippen LogP contribution in [-0.2, 0) is 17.8 Å². The van der Waals surface area contributed by atoms with E-state index in [9.17, 15) is 4.79 Å². The molecule has 2 heterocycles. The maximum absolute atomic E-state index is 13.2. The van der Waals surface area contributed by atoms with E-state index in [1.807, 2.05) is 41.4 Å². The quantitative estimate of drug-likeness (QED) is 0.723. The summed E-state index contributed by atoms with van der Waals surface area (Å²) in [5.41, 5.74) is 2.03. The Morgan fingerprint density at radius 2 is 2.04 bits per heavy atom. The second-order valence-corrected chi connectivity index (χ2v) is 8.04. The fraction of sp³-hybridized carbons (Fsp3) is 0.391. The molecule has 5 heteroatoms. The summed E-state index contributed by atoms with van der Waals surface area (Å²) >= 11 is 0. The SMILES string of the molecule is O=C(Cc1ccc2c(c1)OCO2)N(Cc1cccnc1)C[C@@H]1C[C@H]2C=C[C@H]1C2. The summed E-state index contributed by atoms with van der Waals surface area (Å²) in [5.74, 6) is 3.51. The van der Waals surface area contributed by atoms with Crippen LogP contribution in [0.5, 0.6) is 11.5 Å². The van der Waals surface area contributed by atoms with Crippen molar-refractivity contribution >= 4 is 5.91 Å². The van der Waals surface area contributed by atoms with E-state index in [-0.39, 0.29) is 12.7 Å². The molecule has 0 spiro atoms. The zero-order chi connectivity index (χ0) is 18.9. The van der Waals surface area contributed by atoms with Crippen molar-refractivity contribution in [1.82, 2.24) is 9.88 Å². The molecular formula is C23H24N2O3. The smallest absolute Gasteiger partial charge is 0.231 e. The van der Waals surface area contributed by atoms with Gasteiger partial charge in [-0.15, -0.1) is 0 Å². The summed E-state index contributed by atoms with van der Waals surface area (Å²) in [5, 5.41) is 0. The lowest BCUT2D eigenvalue weighted by molar-refractivity contribution is -0.131. The van der Waals surface area contributed by atoms with Crippen LogP contribution in [0.4, 0.5) is 0 Å². The van der Waals surface area contributed by atoms with Gasteiger partial charge in [0.05, 0.1) is 6.42 Å². The fourth-order valence-electron chi connectivity index (χ4n) is 4.69. The van der Waals surface area contributed by atoms with Crippen LogP contribution in [-0.4, -0.2) is 29.1 Å². The normalized spacial score (nSPS) is 23.9. The highest BCUT2D eigenvalue weighted by Gasteiger charge is 2.37. The number of carbonyl (C=O) groups excluding carboxylic acids is 1. The van der Waals surface area contributed by atoms with E-state index in [2.05, 4.69) is 17.1 Å². The molecule has 0 radical (unpaired) electrons. The number of hydrogen-bond acceptors (Lipinski definition) is 4. The highest BCUT2D eigenvalue weighted by Crippen LogP contribution is 2.43. The molecule has 144 valence electrons. The van der Waals surface area contributed by atoms with E-state index in [0.717, 1.165) is 29.2 Å². The number of allylic oxidation sites excluding steroid dienone is 2. The van der Waals surface area contributed by atoms with Crippen molar-refractivity contribution in [2.45, 2.75) is 25.8 Å². The van der Waals surface area contributed by atoms with Crippen molar-refractivity contribution in [2.75, 3.05) is 13.3 Å². The van der Waals surface area contributed by atoms with Gasteiger partial charge in [-0.2, -0.15) is 0 Å². The molecule has 28 heavy (non-hydrogen) atoms. The molecule has 0 unspecified atom stereocenters. The molecule has 1 amide bonds. The van der Waals surface area contributed by atoms with Crippen molar-refractivity contribution in [3.05, 3.63) is 66.0 Å². The van der Waals surface area contributed by atoms with Gasteiger partial charge in [-0.3, -0.25) is 9.78 Å². The van der Waals surface area contributed by atoms with Crippen LogP contribution in [0.15, 0.2) is 54.9 Å². The minimum Gasteiger partial charge on any atom is -0.454 e. The van der Waals surface area contributed by atoms with Crippen molar-refractivity contribution in [3.63, 3.8) is 0 Å². The first-order valence-corrected chi connectivity index (χ1v) is 9.98. The maximum Gasteiger partial charge on any atom is 0.231 e. The van der Waals surface area contributed by atoms with E-state index < -0.39 is 0 Å². The van der Waals surface area contributed by atoms with Crippen LogP contribution in [0, 0.1) is 17.8 Å². The highest BCUT2D eigenvalue weighted by atomic mass is 16.7. The molecule has 2 bridgehead atoms. The first kappa shape index (κ1) is 17.3. The van der Waals surface area contributed by atoms with E-state index in [1.54, 1.807) is 6.20 Å². The molecule has 5 rings (SSSR count). The zero-order valence-corrected chi connectivity index (χ0v) is 15.8. The maximum atomic E-state index is 13.2. The van der Waals surface area contributed by atoms with E-state index in [4.69, 9.17) is 9.47 Å². The topological polar surface area (TPSA) is 51.7 Å². The standard InChI is InChI=1S/C23H24N2O3/c26-23(11-17-4-6-21-22(10-17)28-15-27-21)25(13-18-2-1-7-24-12-18)14-20-9-16-3-5-19(20)8-16/h1-7,10,12,16,19-20H,8-9,11,13-15H2/t16-,19-,20-/m0/s1. The van der Waals surface area contributed by atoms with Gasteiger partial charge in [0.2, 0.25) is 12.7 Å². The molecule has 5 nitrogen and oxygen atoms in total. The number of pyridine rings is 1. The number of ether oxygens (including phenoxy) is 2. The van der Waals surface area contributed by atoms with E-state index >= 15 is 0 Å². The number of amides is 1. The van der Waals surface area contributed by atoms with Crippen LogP contribution in [0.2, 0.25) is 0 Å². The van der Waals surface area contributed by atoms with Crippen molar-refractivity contribution in [2.24, 2.45) is 17.8 Å². The third-order valence-electron chi connectivity index (χ3n) is 6.11. The number of nitrogens with zero attached hydrogens (tertiary/aromatic N) is 2. The van der Waals surface area contributed by atoms with Crippen LogP contribution in [0.25, 0.3) is 0 Å². The first-order valence-electron chi connectivity index (χ1n) is 9.98. The summed E-state index contributed by atoms with van der Waals surface area (Å²) in [6, 6.07) is 9.72. The lowest BCUT2D eigenvalue weighted by Gasteiger charge is -2.29. The van der Waals surface area contributed by atoms with Gasteiger partial charge in [0.15, 0.2) is 11.5 Å². The van der Waals surface area contributed by atoms with Crippen molar-refractivity contribution < 1.29 is 14.3 Å².